The summed E-state index contributed by atoms with van der Waals surface area (Å²) in [5.41, 5.74) is 0.817. The molecular weight excluding hydrogens is 324 g/mol. The highest BCUT2D eigenvalue weighted by atomic mass is 32.2. The van der Waals surface area contributed by atoms with Gasteiger partial charge in [-0.2, -0.15) is 0 Å². The number of pyridine rings is 1. The van der Waals surface area contributed by atoms with Crippen molar-refractivity contribution in [1.82, 2.24) is 9.71 Å². The summed E-state index contributed by atoms with van der Waals surface area (Å²) in [5, 5.41) is 10.7. The maximum atomic E-state index is 12.9. The van der Waals surface area contributed by atoms with Gasteiger partial charge in [-0.25, -0.2) is 13.1 Å². The van der Waals surface area contributed by atoms with Crippen molar-refractivity contribution in [3.8, 4) is 0 Å². The second kappa shape index (κ2) is 7.09. The number of fused-ring (bicyclic) bond motifs is 1. The molecule has 0 spiro atoms. The van der Waals surface area contributed by atoms with Crippen LogP contribution in [0.15, 0.2) is 71.9 Å². The normalized spacial score (nSPS) is 13.0. The minimum Gasteiger partial charge on any atom is -0.396 e. The first-order valence-corrected chi connectivity index (χ1v) is 9.11. The van der Waals surface area contributed by atoms with E-state index in [1.807, 2.05) is 36.4 Å². The summed E-state index contributed by atoms with van der Waals surface area (Å²) in [6.07, 6.45) is 3.51. The second-order valence-electron chi connectivity index (χ2n) is 5.45. The number of rotatable bonds is 6. The van der Waals surface area contributed by atoms with E-state index in [9.17, 15) is 13.5 Å². The Morgan fingerprint density at radius 3 is 2.58 bits per heavy atom. The first kappa shape index (κ1) is 16.6. The molecule has 1 atom stereocenters. The van der Waals surface area contributed by atoms with Gasteiger partial charge in [0.25, 0.3) is 0 Å². The third-order valence-corrected chi connectivity index (χ3v) is 5.38. The number of aliphatic hydroxyl groups excluding tert-OH is 1. The molecule has 0 aliphatic carbocycles. The zero-order valence-corrected chi connectivity index (χ0v) is 13.8. The van der Waals surface area contributed by atoms with E-state index in [1.54, 1.807) is 30.6 Å². The van der Waals surface area contributed by atoms with E-state index < -0.39 is 16.1 Å². The summed E-state index contributed by atoms with van der Waals surface area (Å²) in [6, 6.07) is 15.5. The quantitative estimate of drug-likeness (QED) is 0.722. The van der Waals surface area contributed by atoms with Crippen LogP contribution < -0.4 is 4.72 Å². The highest BCUT2D eigenvalue weighted by Crippen LogP contribution is 2.25. The first-order valence-electron chi connectivity index (χ1n) is 7.63. The van der Waals surface area contributed by atoms with E-state index in [1.165, 1.54) is 0 Å². The molecule has 1 heterocycles. The summed E-state index contributed by atoms with van der Waals surface area (Å²) in [7, 11) is -3.75. The Kier molecular flexibility index (Phi) is 4.89. The average Bonchev–Trinajstić information content (AvgIpc) is 2.61. The molecule has 5 nitrogen and oxygen atoms in total. The van der Waals surface area contributed by atoms with Crippen LogP contribution in [0.5, 0.6) is 0 Å². The van der Waals surface area contributed by atoms with Crippen LogP contribution in [0, 0.1) is 0 Å². The molecule has 2 N–H and O–H groups in total. The van der Waals surface area contributed by atoms with Crippen LogP contribution in [0.2, 0.25) is 0 Å². The predicted octanol–water partition coefficient (Wildman–Crippen LogP) is 2.64. The summed E-state index contributed by atoms with van der Waals surface area (Å²) in [4.78, 5) is 4.24. The van der Waals surface area contributed by atoms with Gasteiger partial charge in [0.15, 0.2) is 0 Å². The molecule has 2 aromatic carbocycles. The molecule has 0 saturated heterocycles. The molecule has 3 rings (SSSR count). The van der Waals surface area contributed by atoms with Crippen LogP contribution in [-0.2, 0) is 10.0 Å². The summed E-state index contributed by atoms with van der Waals surface area (Å²) >= 11 is 0. The maximum Gasteiger partial charge on any atom is 0.241 e. The number of nitrogens with zero attached hydrogens (tertiary/aromatic N) is 1. The molecule has 0 bridgehead atoms. The van der Waals surface area contributed by atoms with Crippen LogP contribution in [0.3, 0.4) is 0 Å². The molecule has 0 radical (unpaired) electrons. The third-order valence-electron chi connectivity index (χ3n) is 3.85. The van der Waals surface area contributed by atoms with Crippen LogP contribution in [0.4, 0.5) is 0 Å². The Labute approximate surface area is 141 Å². The maximum absolute atomic E-state index is 12.9. The molecule has 3 aromatic rings. The first-order chi connectivity index (χ1) is 11.6. The summed E-state index contributed by atoms with van der Waals surface area (Å²) in [6.45, 7) is -0.110. The number of sulfonamides is 1. The molecule has 24 heavy (non-hydrogen) atoms. The van der Waals surface area contributed by atoms with Gasteiger partial charge in [0.05, 0.1) is 4.90 Å². The fourth-order valence-corrected chi connectivity index (χ4v) is 4.17. The van der Waals surface area contributed by atoms with E-state index in [2.05, 4.69) is 9.71 Å². The van der Waals surface area contributed by atoms with E-state index in [-0.39, 0.29) is 11.5 Å². The minimum absolute atomic E-state index is 0.110. The Bertz CT molecular complexity index is 922. The van der Waals surface area contributed by atoms with E-state index in [0.717, 1.165) is 10.9 Å². The number of aromatic nitrogens is 1. The van der Waals surface area contributed by atoms with E-state index in [0.29, 0.717) is 11.8 Å². The summed E-state index contributed by atoms with van der Waals surface area (Å²) < 4.78 is 28.5. The fraction of sp³-hybridized carbons (Fsp3) is 0.167. The van der Waals surface area contributed by atoms with Gasteiger partial charge in [-0.05, 0) is 24.1 Å². The van der Waals surface area contributed by atoms with Crippen molar-refractivity contribution in [2.45, 2.75) is 17.4 Å². The van der Waals surface area contributed by atoms with E-state index >= 15 is 0 Å². The lowest BCUT2D eigenvalue weighted by Crippen LogP contribution is -2.29. The van der Waals surface area contributed by atoms with Gasteiger partial charge in [0, 0.05) is 35.8 Å². The molecular formula is C18H18N2O3S. The Hall–Kier alpha value is -2.28. The lowest BCUT2D eigenvalue weighted by molar-refractivity contribution is 0.272. The van der Waals surface area contributed by atoms with Crippen molar-refractivity contribution < 1.29 is 13.5 Å². The lowest BCUT2D eigenvalue weighted by atomic mass is 10.1. The Morgan fingerprint density at radius 1 is 1.04 bits per heavy atom. The van der Waals surface area contributed by atoms with Crippen molar-refractivity contribution in [3.05, 3.63) is 72.6 Å². The largest absolute Gasteiger partial charge is 0.396 e. The molecule has 0 fully saturated rings. The van der Waals surface area contributed by atoms with Gasteiger partial charge in [0.1, 0.15) is 0 Å². The van der Waals surface area contributed by atoms with Crippen molar-refractivity contribution in [3.63, 3.8) is 0 Å². The number of aliphatic hydroxyl groups is 1. The van der Waals surface area contributed by atoms with Gasteiger partial charge in [-0.1, -0.05) is 42.5 Å². The molecule has 0 unspecified atom stereocenters. The number of hydrogen-bond donors (Lipinski definition) is 2. The van der Waals surface area contributed by atoms with Gasteiger partial charge in [0.2, 0.25) is 10.0 Å². The van der Waals surface area contributed by atoms with Crippen molar-refractivity contribution in [2.75, 3.05) is 6.61 Å². The van der Waals surface area contributed by atoms with Crippen molar-refractivity contribution >= 4 is 20.8 Å². The smallest absolute Gasteiger partial charge is 0.241 e. The fourth-order valence-electron chi connectivity index (χ4n) is 2.69. The van der Waals surface area contributed by atoms with Crippen LogP contribution in [0.25, 0.3) is 10.8 Å². The van der Waals surface area contributed by atoms with Gasteiger partial charge in [-0.3, -0.25) is 4.98 Å². The summed E-state index contributed by atoms with van der Waals surface area (Å²) in [5.74, 6) is 0. The molecule has 1 aromatic heterocycles. The highest BCUT2D eigenvalue weighted by molar-refractivity contribution is 7.89. The van der Waals surface area contributed by atoms with Crippen LogP contribution in [0.1, 0.15) is 18.0 Å². The SMILES string of the molecule is O=S(=O)(N[C@H](CCO)c1ccccc1)c1cccc2cnccc12. The Morgan fingerprint density at radius 2 is 1.83 bits per heavy atom. The minimum atomic E-state index is -3.75. The lowest BCUT2D eigenvalue weighted by Gasteiger charge is -2.19. The average molecular weight is 342 g/mol. The van der Waals surface area contributed by atoms with Crippen molar-refractivity contribution in [2.24, 2.45) is 0 Å². The zero-order valence-electron chi connectivity index (χ0n) is 13.0. The van der Waals surface area contributed by atoms with Crippen LogP contribution >= 0.6 is 0 Å². The van der Waals surface area contributed by atoms with Gasteiger partial charge >= 0.3 is 0 Å². The standard InChI is InChI=1S/C18H18N2O3S/c21-12-10-17(14-5-2-1-3-6-14)20-24(22,23)18-8-4-7-15-13-19-11-9-16(15)18/h1-9,11,13,17,20-21H,10,12H2/t17-/m1/s1. The molecule has 6 heteroatoms. The predicted molar refractivity (Wildman–Crippen MR) is 93.0 cm³/mol. The number of nitrogens with one attached hydrogen (secondary N) is 1. The highest BCUT2D eigenvalue weighted by Gasteiger charge is 2.22. The topological polar surface area (TPSA) is 79.3 Å². The monoisotopic (exact) mass is 342 g/mol. The van der Waals surface area contributed by atoms with E-state index in [4.69, 9.17) is 0 Å². The molecule has 0 amide bonds. The molecule has 0 aliphatic rings. The third kappa shape index (κ3) is 3.46. The van der Waals surface area contributed by atoms with Gasteiger partial charge in [-0.15, -0.1) is 0 Å². The van der Waals surface area contributed by atoms with Crippen molar-refractivity contribution in [1.29, 1.82) is 0 Å². The number of hydrogen-bond acceptors (Lipinski definition) is 4. The zero-order chi connectivity index (χ0) is 17.0. The molecule has 0 aliphatic heterocycles. The molecule has 0 saturated carbocycles. The van der Waals surface area contributed by atoms with Crippen LogP contribution in [-0.4, -0.2) is 25.1 Å². The Balaban J connectivity index is 2.00. The second-order valence-corrected chi connectivity index (χ2v) is 7.13. The molecule has 124 valence electrons. The number of benzene rings is 2. The van der Waals surface area contributed by atoms with Gasteiger partial charge < -0.3 is 5.11 Å².